The Morgan fingerprint density at radius 3 is 2.41 bits per heavy atom. The van der Waals surface area contributed by atoms with E-state index >= 15 is 0 Å². The van der Waals surface area contributed by atoms with Crippen LogP contribution in [0.5, 0.6) is 0 Å². The lowest BCUT2D eigenvalue weighted by Gasteiger charge is -2.34. The standard InChI is InChI=1S/C20H35N3O4/c1-14(2)12-21-20(27)23-11-7-8-15(13-23)18(24)22-17-10-6-4-3-5-9-16(17)19(25)26/h14-17H,3-13H2,1-2H3,(H,21,27)(H,22,24)(H,25,26). The molecule has 0 aromatic carbocycles. The highest BCUT2D eigenvalue weighted by Crippen LogP contribution is 2.24. The zero-order valence-corrected chi connectivity index (χ0v) is 16.7. The van der Waals surface area contributed by atoms with Crippen molar-refractivity contribution < 1.29 is 19.5 Å². The van der Waals surface area contributed by atoms with E-state index in [1.165, 1.54) is 0 Å². The molecule has 1 aliphatic carbocycles. The first kappa shape index (κ1) is 21.5. The Kier molecular flexibility index (Phi) is 8.38. The van der Waals surface area contributed by atoms with E-state index in [1.54, 1.807) is 4.90 Å². The van der Waals surface area contributed by atoms with Crippen LogP contribution in [0.2, 0.25) is 0 Å². The molecule has 3 unspecified atom stereocenters. The van der Waals surface area contributed by atoms with E-state index in [-0.39, 0.29) is 23.9 Å². The number of hydrogen-bond donors (Lipinski definition) is 3. The van der Waals surface area contributed by atoms with Crippen LogP contribution in [-0.2, 0) is 9.59 Å². The molecule has 3 amide bonds. The third kappa shape index (κ3) is 6.70. The van der Waals surface area contributed by atoms with Gasteiger partial charge in [0.05, 0.1) is 11.8 Å². The molecular formula is C20H35N3O4. The van der Waals surface area contributed by atoms with Crippen LogP contribution >= 0.6 is 0 Å². The number of hydrogen-bond acceptors (Lipinski definition) is 3. The summed E-state index contributed by atoms with van der Waals surface area (Å²) in [5, 5.41) is 15.5. The van der Waals surface area contributed by atoms with Gasteiger partial charge in [-0.05, 0) is 31.6 Å². The number of nitrogens with one attached hydrogen (secondary N) is 2. The Morgan fingerprint density at radius 1 is 1.04 bits per heavy atom. The lowest BCUT2D eigenvalue weighted by Crippen LogP contribution is -2.52. The van der Waals surface area contributed by atoms with Crippen molar-refractivity contribution in [2.24, 2.45) is 17.8 Å². The number of piperidine rings is 1. The molecule has 1 heterocycles. The van der Waals surface area contributed by atoms with Gasteiger partial charge in [0.25, 0.3) is 0 Å². The number of rotatable bonds is 5. The Morgan fingerprint density at radius 2 is 1.74 bits per heavy atom. The summed E-state index contributed by atoms with van der Waals surface area (Å²) in [5.74, 6) is -1.31. The van der Waals surface area contributed by atoms with E-state index in [9.17, 15) is 19.5 Å². The summed E-state index contributed by atoms with van der Waals surface area (Å²) >= 11 is 0. The maximum absolute atomic E-state index is 12.8. The van der Waals surface area contributed by atoms with Gasteiger partial charge in [-0.1, -0.05) is 39.5 Å². The van der Waals surface area contributed by atoms with Gasteiger partial charge in [-0.25, -0.2) is 4.79 Å². The fraction of sp³-hybridized carbons (Fsp3) is 0.850. The minimum Gasteiger partial charge on any atom is -0.481 e. The summed E-state index contributed by atoms with van der Waals surface area (Å²) in [5.41, 5.74) is 0. The molecule has 1 saturated carbocycles. The van der Waals surface area contributed by atoms with Crippen molar-refractivity contribution in [1.82, 2.24) is 15.5 Å². The average Bonchev–Trinajstić information content (AvgIpc) is 2.61. The van der Waals surface area contributed by atoms with Crippen molar-refractivity contribution in [1.29, 1.82) is 0 Å². The predicted molar refractivity (Wildman–Crippen MR) is 103 cm³/mol. The Bertz CT molecular complexity index is 523. The quantitative estimate of drug-likeness (QED) is 0.682. The number of urea groups is 1. The first-order valence-electron chi connectivity index (χ1n) is 10.4. The minimum absolute atomic E-state index is 0.104. The molecule has 3 atom stereocenters. The molecule has 1 saturated heterocycles. The average molecular weight is 382 g/mol. The molecule has 1 aliphatic heterocycles. The monoisotopic (exact) mass is 381 g/mol. The number of nitrogens with zero attached hydrogens (tertiary/aromatic N) is 1. The van der Waals surface area contributed by atoms with Gasteiger partial charge in [0, 0.05) is 25.7 Å². The molecule has 0 aromatic heterocycles. The van der Waals surface area contributed by atoms with Gasteiger partial charge in [0.1, 0.15) is 0 Å². The van der Waals surface area contributed by atoms with Gasteiger partial charge in [0.2, 0.25) is 5.91 Å². The second-order valence-electron chi connectivity index (χ2n) is 8.42. The molecule has 0 spiro atoms. The van der Waals surface area contributed by atoms with Crippen molar-refractivity contribution in [3.05, 3.63) is 0 Å². The van der Waals surface area contributed by atoms with Gasteiger partial charge in [-0.2, -0.15) is 0 Å². The smallest absolute Gasteiger partial charge is 0.317 e. The van der Waals surface area contributed by atoms with E-state index < -0.39 is 11.9 Å². The maximum atomic E-state index is 12.8. The third-order valence-electron chi connectivity index (χ3n) is 5.65. The van der Waals surface area contributed by atoms with Crippen molar-refractivity contribution in [2.75, 3.05) is 19.6 Å². The molecule has 2 rings (SSSR count). The summed E-state index contributed by atoms with van der Waals surface area (Å²) in [6, 6.07) is -0.420. The normalized spacial score (nSPS) is 26.8. The molecule has 27 heavy (non-hydrogen) atoms. The van der Waals surface area contributed by atoms with Crippen molar-refractivity contribution in [3.8, 4) is 0 Å². The van der Waals surface area contributed by atoms with Gasteiger partial charge >= 0.3 is 12.0 Å². The van der Waals surface area contributed by atoms with E-state index in [0.29, 0.717) is 38.4 Å². The summed E-state index contributed by atoms with van der Waals surface area (Å²) in [4.78, 5) is 38.5. The van der Waals surface area contributed by atoms with E-state index in [1.807, 2.05) is 13.8 Å². The number of carbonyl (C=O) groups excluding carboxylic acids is 2. The molecule has 3 N–H and O–H groups in total. The Labute approximate surface area is 162 Å². The fourth-order valence-corrected chi connectivity index (χ4v) is 4.03. The molecule has 7 nitrogen and oxygen atoms in total. The highest BCUT2D eigenvalue weighted by Gasteiger charge is 2.34. The van der Waals surface area contributed by atoms with Crippen molar-refractivity contribution >= 4 is 17.9 Å². The SMILES string of the molecule is CC(C)CNC(=O)N1CCCC(C(=O)NC2CCCCCCC2C(=O)O)C1. The maximum Gasteiger partial charge on any atom is 0.317 e. The number of carbonyl (C=O) groups is 3. The van der Waals surface area contributed by atoms with Gasteiger partial charge in [-0.15, -0.1) is 0 Å². The van der Waals surface area contributed by atoms with Crippen molar-refractivity contribution in [2.45, 2.75) is 71.3 Å². The first-order chi connectivity index (χ1) is 12.9. The molecule has 154 valence electrons. The van der Waals surface area contributed by atoms with Crippen LogP contribution in [0.3, 0.4) is 0 Å². The van der Waals surface area contributed by atoms with Crippen LogP contribution in [0.1, 0.15) is 65.2 Å². The number of likely N-dealkylation sites (tertiary alicyclic amines) is 1. The second-order valence-corrected chi connectivity index (χ2v) is 8.42. The van der Waals surface area contributed by atoms with E-state index in [4.69, 9.17) is 0 Å². The lowest BCUT2D eigenvalue weighted by atomic mass is 9.86. The van der Waals surface area contributed by atoms with Crippen LogP contribution < -0.4 is 10.6 Å². The van der Waals surface area contributed by atoms with E-state index in [0.717, 1.165) is 38.5 Å². The molecular weight excluding hydrogens is 346 g/mol. The number of carboxylic acid groups (broad SMARTS) is 1. The van der Waals surface area contributed by atoms with Crippen LogP contribution in [0.25, 0.3) is 0 Å². The van der Waals surface area contributed by atoms with Crippen molar-refractivity contribution in [3.63, 3.8) is 0 Å². The highest BCUT2D eigenvalue weighted by molar-refractivity contribution is 5.82. The minimum atomic E-state index is -0.819. The van der Waals surface area contributed by atoms with E-state index in [2.05, 4.69) is 10.6 Å². The molecule has 2 aliphatic rings. The van der Waals surface area contributed by atoms with Gasteiger partial charge in [-0.3, -0.25) is 9.59 Å². The van der Waals surface area contributed by atoms with Crippen LogP contribution in [-0.4, -0.2) is 53.6 Å². The first-order valence-corrected chi connectivity index (χ1v) is 10.4. The van der Waals surface area contributed by atoms with Crippen LogP contribution in [0, 0.1) is 17.8 Å². The third-order valence-corrected chi connectivity index (χ3v) is 5.65. The fourth-order valence-electron chi connectivity index (χ4n) is 4.03. The number of aliphatic carboxylic acids is 1. The summed E-state index contributed by atoms with van der Waals surface area (Å²) in [6.45, 7) is 5.77. The van der Waals surface area contributed by atoms with Crippen LogP contribution in [0.4, 0.5) is 4.79 Å². The zero-order chi connectivity index (χ0) is 19.8. The molecule has 2 fully saturated rings. The van der Waals surface area contributed by atoms with Gasteiger partial charge in [0.15, 0.2) is 0 Å². The zero-order valence-electron chi connectivity index (χ0n) is 16.7. The lowest BCUT2D eigenvalue weighted by molar-refractivity contribution is -0.143. The Balaban J connectivity index is 1.92. The van der Waals surface area contributed by atoms with Gasteiger partial charge < -0.3 is 20.6 Å². The largest absolute Gasteiger partial charge is 0.481 e. The van der Waals surface area contributed by atoms with Crippen LogP contribution in [0.15, 0.2) is 0 Å². The molecule has 0 radical (unpaired) electrons. The number of amides is 3. The number of carboxylic acids is 1. The second kappa shape index (κ2) is 10.5. The molecule has 7 heteroatoms. The summed E-state index contributed by atoms with van der Waals surface area (Å²) in [7, 11) is 0. The molecule has 0 aromatic rings. The summed E-state index contributed by atoms with van der Waals surface area (Å²) < 4.78 is 0. The predicted octanol–water partition coefficient (Wildman–Crippen LogP) is 2.60. The Hall–Kier alpha value is -1.79. The highest BCUT2D eigenvalue weighted by atomic mass is 16.4. The molecule has 0 bridgehead atoms. The topological polar surface area (TPSA) is 98.7 Å². The summed E-state index contributed by atoms with van der Waals surface area (Å²) in [6.07, 6.45) is 6.87.